The van der Waals surface area contributed by atoms with Crippen LogP contribution in [0, 0.1) is 25.7 Å². The third kappa shape index (κ3) is 37.5. The first-order valence-electron chi connectivity index (χ1n) is 4.20. The number of hydrogen-bond acceptors (Lipinski definition) is 0. The van der Waals surface area contributed by atoms with Crippen molar-refractivity contribution in [2.24, 2.45) is 11.8 Å². The van der Waals surface area contributed by atoms with Crippen LogP contribution in [0.2, 0.25) is 0 Å². The molecular formula is C10H22Ni. The molecule has 72 valence electrons. The molecule has 0 rings (SSSR count). The Balaban J connectivity index is -0.000000107. The van der Waals surface area contributed by atoms with Gasteiger partial charge in [0.1, 0.15) is 0 Å². The van der Waals surface area contributed by atoms with Gasteiger partial charge in [0.2, 0.25) is 0 Å². The normalized spacial score (nSPS) is 13.6. The summed E-state index contributed by atoms with van der Waals surface area (Å²) in [6, 6.07) is 0. The minimum absolute atomic E-state index is 0. The van der Waals surface area contributed by atoms with E-state index in [1.807, 2.05) is 0 Å². The summed E-state index contributed by atoms with van der Waals surface area (Å²) in [5.74, 6) is 1.27. The van der Waals surface area contributed by atoms with E-state index < -0.39 is 0 Å². The van der Waals surface area contributed by atoms with Crippen LogP contribution in [0.25, 0.3) is 0 Å². The second kappa shape index (κ2) is 13.1. The van der Waals surface area contributed by atoms with Crippen molar-refractivity contribution in [1.82, 2.24) is 0 Å². The second-order valence-corrected chi connectivity index (χ2v) is 3.03. The van der Waals surface area contributed by atoms with Crippen LogP contribution in [0.4, 0.5) is 0 Å². The molecule has 0 amide bonds. The van der Waals surface area contributed by atoms with Crippen LogP contribution in [-0.2, 0) is 16.5 Å². The molecule has 0 radical (unpaired) electrons. The van der Waals surface area contributed by atoms with Gasteiger partial charge in [0.15, 0.2) is 0 Å². The van der Waals surface area contributed by atoms with Crippen molar-refractivity contribution in [2.45, 2.75) is 40.5 Å². The topological polar surface area (TPSA) is 0 Å². The molecule has 1 heteroatoms. The van der Waals surface area contributed by atoms with Gasteiger partial charge in [0.25, 0.3) is 0 Å². The van der Waals surface area contributed by atoms with Gasteiger partial charge in [0, 0.05) is 0 Å². The fourth-order valence-corrected chi connectivity index (χ4v) is 0. The van der Waals surface area contributed by atoms with Crippen LogP contribution in [0.5, 0.6) is 0 Å². The summed E-state index contributed by atoms with van der Waals surface area (Å²) in [4.78, 5) is 0. The molecule has 0 aliphatic rings. The minimum Gasteiger partial charge on any atom is -0.341 e. The van der Waals surface area contributed by atoms with E-state index in [1.54, 1.807) is 0 Å². The first-order chi connectivity index (χ1) is 4.54. The molecule has 0 spiro atoms. The quantitative estimate of drug-likeness (QED) is 0.471. The van der Waals surface area contributed by atoms with Crippen molar-refractivity contribution in [3.8, 4) is 0 Å². The Bertz CT molecular complexity index is 40.8. The molecule has 0 saturated heterocycles. The van der Waals surface area contributed by atoms with Gasteiger partial charge < -0.3 is 13.8 Å². The van der Waals surface area contributed by atoms with Gasteiger partial charge in [-0.05, 0) is 0 Å². The van der Waals surface area contributed by atoms with Gasteiger partial charge in [0.05, 0.1) is 0 Å². The molecule has 0 aromatic carbocycles. The third-order valence-electron chi connectivity index (χ3n) is 1.39. The molecule has 0 aliphatic carbocycles. The van der Waals surface area contributed by atoms with E-state index in [0.717, 1.165) is 0 Å². The van der Waals surface area contributed by atoms with Crippen LogP contribution in [-0.4, -0.2) is 0 Å². The van der Waals surface area contributed by atoms with Crippen LogP contribution in [0.15, 0.2) is 0 Å². The molecule has 0 nitrogen and oxygen atoms in total. The summed E-state index contributed by atoms with van der Waals surface area (Å²) in [5, 5.41) is 0. The minimum atomic E-state index is 0. The Hall–Kier alpha value is 0.494. The molecule has 0 N–H and O–H groups in total. The maximum Gasteiger partial charge on any atom is 2.00 e. The monoisotopic (exact) mass is 200 g/mol. The summed E-state index contributed by atoms with van der Waals surface area (Å²) in [6.07, 6.45) is 2.39. The number of rotatable bonds is 2. The Morgan fingerprint density at radius 2 is 1.00 bits per heavy atom. The van der Waals surface area contributed by atoms with Gasteiger partial charge in [-0.1, -0.05) is 40.5 Å². The molecular weight excluding hydrogens is 179 g/mol. The Kier molecular flexibility index (Phi) is 20.9. The van der Waals surface area contributed by atoms with Crippen molar-refractivity contribution in [3.05, 3.63) is 13.8 Å². The van der Waals surface area contributed by atoms with Crippen molar-refractivity contribution in [2.75, 3.05) is 0 Å². The van der Waals surface area contributed by atoms with Gasteiger partial charge in [-0.15, -0.1) is 0 Å². The van der Waals surface area contributed by atoms with E-state index in [4.69, 9.17) is 0 Å². The first kappa shape index (κ1) is 17.5. The largest absolute Gasteiger partial charge is 2.00 e. The maximum atomic E-state index is 3.76. The average Bonchev–Trinajstić information content (AvgIpc) is 1.89. The second-order valence-electron chi connectivity index (χ2n) is 3.03. The van der Waals surface area contributed by atoms with Gasteiger partial charge in [-0.2, -0.15) is 11.8 Å². The van der Waals surface area contributed by atoms with Crippen molar-refractivity contribution in [1.29, 1.82) is 0 Å². The molecule has 2 atom stereocenters. The summed E-state index contributed by atoms with van der Waals surface area (Å²) in [6.45, 7) is 16.0. The zero-order valence-corrected chi connectivity index (χ0v) is 9.29. The summed E-state index contributed by atoms with van der Waals surface area (Å²) in [7, 11) is 0. The Labute approximate surface area is 83.1 Å². The standard InChI is InChI=1S/2C5H11.Ni/c2*1-4-5(2)3;/h2*5H,2,4H2,1,3H3;/q2*-1;+2. The molecule has 0 saturated carbocycles. The summed E-state index contributed by atoms with van der Waals surface area (Å²) < 4.78 is 0. The van der Waals surface area contributed by atoms with Crippen LogP contribution < -0.4 is 0 Å². The van der Waals surface area contributed by atoms with E-state index in [-0.39, 0.29) is 16.5 Å². The zero-order chi connectivity index (χ0) is 8.57. The van der Waals surface area contributed by atoms with Gasteiger partial charge in [-0.3, -0.25) is 0 Å². The molecule has 0 heterocycles. The van der Waals surface area contributed by atoms with Crippen LogP contribution in [0.3, 0.4) is 0 Å². The smallest absolute Gasteiger partial charge is 0.341 e. The van der Waals surface area contributed by atoms with E-state index in [1.165, 1.54) is 12.8 Å². The van der Waals surface area contributed by atoms with E-state index in [0.29, 0.717) is 11.8 Å². The summed E-state index contributed by atoms with van der Waals surface area (Å²) >= 11 is 0. The summed E-state index contributed by atoms with van der Waals surface area (Å²) in [5.41, 5.74) is 0. The van der Waals surface area contributed by atoms with E-state index in [2.05, 4.69) is 41.5 Å². The van der Waals surface area contributed by atoms with Crippen molar-refractivity contribution in [3.63, 3.8) is 0 Å². The maximum absolute atomic E-state index is 3.76. The zero-order valence-electron chi connectivity index (χ0n) is 8.30. The predicted octanol–water partition coefficient (Wildman–Crippen LogP) is 3.73. The Morgan fingerprint density at radius 3 is 1.00 bits per heavy atom. The fourth-order valence-electron chi connectivity index (χ4n) is 0. The molecule has 11 heavy (non-hydrogen) atoms. The third-order valence-corrected chi connectivity index (χ3v) is 1.39. The molecule has 0 aromatic heterocycles. The fraction of sp³-hybridized carbons (Fsp3) is 0.800. The van der Waals surface area contributed by atoms with Crippen molar-refractivity contribution >= 4 is 0 Å². The SMILES string of the molecule is [CH2-]C(C)CC.[CH2-]C(C)CC.[Ni+2]. The molecule has 0 fully saturated rings. The number of hydrogen-bond donors (Lipinski definition) is 0. The Morgan fingerprint density at radius 1 is 0.909 bits per heavy atom. The van der Waals surface area contributed by atoms with Crippen LogP contribution >= 0.6 is 0 Å². The van der Waals surface area contributed by atoms with Gasteiger partial charge >= 0.3 is 16.5 Å². The van der Waals surface area contributed by atoms with E-state index in [9.17, 15) is 0 Å². The first-order valence-corrected chi connectivity index (χ1v) is 4.20. The predicted molar refractivity (Wildman–Crippen MR) is 49.6 cm³/mol. The van der Waals surface area contributed by atoms with Crippen LogP contribution in [0.1, 0.15) is 40.5 Å². The molecule has 0 aliphatic heterocycles. The van der Waals surface area contributed by atoms with E-state index >= 15 is 0 Å². The van der Waals surface area contributed by atoms with Gasteiger partial charge in [-0.25, -0.2) is 0 Å². The molecule has 0 aromatic rings. The average molecular weight is 201 g/mol. The molecule has 0 bridgehead atoms. The van der Waals surface area contributed by atoms with Crippen molar-refractivity contribution < 1.29 is 16.5 Å². The molecule has 2 unspecified atom stereocenters.